The Kier molecular flexibility index (Phi) is 2.46. The summed E-state index contributed by atoms with van der Waals surface area (Å²) in [7, 11) is 0. The molecule has 3 aliphatic heterocycles. The van der Waals surface area contributed by atoms with Gasteiger partial charge in [-0.2, -0.15) is 0 Å². The lowest BCUT2D eigenvalue weighted by Crippen LogP contribution is -2.38. The van der Waals surface area contributed by atoms with Crippen LogP contribution >= 0.6 is 11.6 Å². The molecular weight excluding hydrogens is 290 g/mol. The molecular formula is C16H14ClNO3. The number of rotatable bonds is 1. The minimum Gasteiger partial charge on any atom is -0.362 e. The quantitative estimate of drug-likeness (QED) is 0.591. The monoisotopic (exact) mass is 303 g/mol. The molecule has 0 saturated carbocycles. The topological polar surface area (TPSA) is 46.6 Å². The number of nitrogens with zero attached hydrogens (tertiary/aromatic N) is 1. The maximum Gasteiger partial charge on any atom is 0.241 e. The fourth-order valence-corrected chi connectivity index (χ4v) is 3.80. The Morgan fingerprint density at radius 3 is 2.71 bits per heavy atom. The second-order valence-corrected chi connectivity index (χ2v) is 6.48. The molecule has 0 N–H and O–H groups in total. The molecule has 2 saturated heterocycles. The first-order valence-electron chi connectivity index (χ1n) is 6.93. The highest BCUT2D eigenvalue weighted by Crippen LogP contribution is 2.52. The molecule has 2 bridgehead atoms. The lowest BCUT2D eigenvalue weighted by Gasteiger charge is -2.24. The summed E-state index contributed by atoms with van der Waals surface area (Å²) in [6.45, 7) is 3.75. The van der Waals surface area contributed by atoms with Gasteiger partial charge < -0.3 is 4.74 Å². The highest BCUT2D eigenvalue weighted by atomic mass is 35.5. The number of carbonyl (C=O) groups excluding carboxylic acids is 2. The maximum atomic E-state index is 12.7. The largest absolute Gasteiger partial charge is 0.362 e. The van der Waals surface area contributed by atoms with Crippen LogP contribution in [0.5, 0.6) is 0 Å². The summed E-state index contributed by atoms with van der Waals surface area (Å²) in [6.07, 6.45) is 3.50. The fourth-order valence-electron chi connectivity index (χ4n) is 3.63. The first-order valence-corrected chi connectivity index (χ1v) is 7.31. The van der Waals surface area contributed by atoms with Crippen LogP contribution in [0.3, 0.4) is 0 Å². The van der Waals surface area contributed by atoms with Gasteiger partial charge in [-0.1, -0.05) is 29.8 Å². The van der Waals surface area contributed by atoms with Crippen LogP contribution in [0.1, 0.15) is 12.5 Å². The van der Waals surface area contributed by atoms with Gasteiger partial charge in [0.25, 0.3) is 0 Å². The Balaban J connectivity index is 1.78. The summed E-state index contributed by atoms with van der Waals surface area (Å²) >= 11 is 6.12. The molecule has 108 valence electrons. The van der Waals surface area contributed by atoms with Crippen molar-refractivity contribution in [3.05, 3.63) is 40.9 Å². The van der Waals surface area contributed by atoms with E-state index >= 15 is 0 Å². The normalized spacial score (nSPS) is 36.7. The molecule has 1 aromatic rings. The van der Waals surface area contributed by atoms with Crippen molar-refractivity contribution in [2.75, 3.05) is 4.90 Å². The molecule has 0 radical (unpaired) electrons. The molecule has 0 unspecified atom stereocenters. The van der Waals surface area contributed by atoms with Crippen molar-refractivity contribution in [3.8, 4) is 0 Å². The van der Waals surface area contributed by atoms with Gasteiger partial charge >= 0.3 is 0 Å². The molecule has 1 aromatic carbocycles. The summed E-state index contributed by atoms with van der Waals surface area (Å²) in [5.74, 6) is -1.23. The van der Waals surface area contributed by atoms with Crippen molar-refractivity contribution < 1.29 is 14.3 Å². The van der Waals surface area contributed by atoms with E-state index in [0.717, 1.165) is 5.56 Å². The fraction of sp³-hybridized carbons (Fsp3) is 0.375. The number of anilines is 1. The molecule has 0 aliphatic carbocycles. The van der Waals surface area contributed by atoms with Crippen LogP contribution in [0.4, 0.5) is 5.69 Å². The summed E-state index contributed by atoms with van der Waals surface area (Å²) in [5.41, 5.74) is 0.792. The molecule has 2 fully saturated rings. The van der Waals surface area contributed by atoms with Crippen molar-refractivity contribution in [2.45, 2.75) is 25.6 Å². The van der Waals surface area contributed by atoms with Crippen molar-refractivity contribution in [1.82, 2.24) is 0 Å². The number of benzene rings is 1. The van der Waals surface area contributed by atoms with Gasteiger partial charge in [0.05, 0.1) is 29.2 Å². The SMILES string of the molecule is Cc1ccc(N2C(=O)[C@@H]3[C@@H](C2=O)[C@@]2(C)C=C[C@H]3O2)cc1Cl. The number of amides is 2. The van der Waals surface area contributed by atoms with Gasteiger partial charge in [0.1, 0.15) is 0 Å². The minimum absolute atomic E-state index is 0.192. The van der Waals surface area contributed by atoms with Crippen LogP contribution in [0.25, 0.3) is 0 Å². The van der Waals surface area contributed by atoms with Crippen LogP contribution in [-0.4, -0.2) is 23.5 Å². The van der Waals surface area contributed by atoms with Gasteiger partial charge in [-0.15, -0.1) is 0 Å². The van der Waals surface area contributed by atoms with E-state index in [4.69, 9.17) is 16.3 Å². The Morgan fingerprint density at radius 1 is 1.29 bits per heavy atom. The first-order chi connectivity index (χ1) is 9.92. The number of aryl methyl sites for hydroxylation is 1. The minimum atomic E-state index is -0.661. The molecule has 0 aromatic heterocycles. The molecule has 3 aliphatic rings. The second-order valence-electron chi connectivity index (χ2n) is 6.07. The van der Waals surface area contributed by atoms with E-state index in [1.165, 1.54) is 4.90 Å². The third kappa shape index (κ3) is 1.54. The predicted octanol–water partition coefficient (Wildman–Crippen LogP) is 2.48. The van der Waals surface area contributed by atoms with E-state index in [1.807, 2.05) is 32.1 Å². The van der Waals surface area contributed by atoms with Crippen molar-refractivity contribution in [2.24, 2.45) is 11.8 Å². The van der Waals surface area contributed by atoms with Gasteiger partial charge in [0, 0.05) is 5.02 Å². The second kappa shape index (κ2) is 3.96. The molecule has 4 atom stereocenters. The lowest BCUT2D eigenvalue weighted by atomic mass is 9.78. The highest BCUT2D eigenvalue weighted by Gasteiger charge is 2.66. The van der Waals surface area contributed by atoms with Crippen LogP contribution < -0.4 is 4.90 Å². The lowest BCUT2D eigenvalue weighted by molar-refractivity contribution is -0.126. The zero-order chi connectivity index (χ0) is 14.9. The summed E-state index contributed by atoms with van der Waals surface area (Å²) in [6, 6.07) is 5.25. The molecule has 5 heteroatoms. The summed E-state index contributed by atoms with van der Waals surface area (Å²) in [4.78, 5) is 26.7. The van der Waals surface area contributed by atoms with Gasteiger partial charge in [-0.05, 0) is 31.5 Å². The number of fused-ring (bicyclic) bond motifs is 5. The molecule has 4 nitrogen and oxygen atoms in total. The standard InChI is InChI=1S/C16H14ClNO3/c1-8-3-4-9(7-10(8)17)18-14(19)12-11-5-6-16(2,21-11)13(12)15(18)20/h3-7,11-13H,1-2H3/t11-,12+,13+,16-/m1/s1. The molecule has 3 heterocycles. The maximum absolute atomic E-state index is 12.7. The van der Waals surface area contributed by atoms with E-state index in [1.54, 1.807) is 12.1 Å². The van der Waals surface area contributed by atoms with E-state index < -0.39 is 17.4 Å². The Hall–Kier alpha value is -1.65. The number of halogens is 1. The van der Waals surface area contributed by atoms with Crippen LogP contribution in [0.15, 0.2) is 30.4 Å². The average Bonchev–Trinajstić information content (AvgIpc) is 3.03. The van der Waals surface area contributed by atoms with Gasteiger partial charge in [0.15, 0.2) is 0 Å². The smallest absolute Gasteiger partial charge is 0.241 e. The predicted molar refractivity (Wildman–Crippen MR) is 78.1 cm³/mol. The van der Waals surface area contributed by atoms with Crippen LogP contribution in [0, 0.1) is 18.8 Å². The van der Waals surface area contributed by atoms with Crippen molar-refractivity contribution >= 4 is 29.1 Å². The van der Waals surface area contributed by atoms with E-state index in [0.29, 0.717) is 10.7 Å². The van der Waals surface area contributed by atoms with E-state index in [9.17, 15) is 9.59 Å². The third-order valence-electron chi connectivity index (χ3n) is 4.74. The summed E-state index contributed by atoms with van der Waals surface area (Å²) in [5, 5.41) is 0.550. The highest BCUT2D eigenvalue weighted by molar-refractivity contribution is 6.32. The molecule has 21 heavy (non-hydrogen) atoms. The average molecular weight is 304 g/mol. The number of hydrogen-bond donors (Lipinski definition) is 0. The first kappa shape index (κ1) is 13.0. The Morgan fingerprint density at radius 2 is 2.05 bits per heavy atom. The van der Waals surface area contributed by atoms with Crippen LogP contribution in [0.2, 0.25) is 5.02 Å². The number of ether oxygens (including phenoxy) is 1. The van der Waals surface area contributed by atoms with Crippen molar-refractivity contribution in [3.63, 3.8) is 0 Å². The molecule has 4 rings (SSSR count). The van der Waals surface area contributed by atoms with Crippen LogP contribution in [-0.2, 0) is 14.3 Å². The van der Waals surface area contributed by atoms with Gasteiger partial charge in [-0.25, -0.2) is 4.90 Å². The zero-order valence-corrected chi connectivity index (χ0v) is 12.4. The molecule has 2 amide bonds. The third-order valence-corrected chi connectivity index (χ3v) is 5.15. The molecule has 0 spiro atoms. The Labute approximate surface area is 127 Å². The van der Waals surface area contributed by atoms with Crippen molar-refractivity contribution in [1.29, 1.82) is 0 Å². The zero-order valence-electron chi connectivity index (χ0n) is 11.7. The van der Waals surface area contributed by atoms with Gasteiger partial charge in [-0.3, -0.25) is 9.59 Å². The number of carbonyl (C=O) groups is 2. The number of imide groups is 1. The van der Waals surface area contributed by atoms with E-state index in [2.05, 4.69) is 0 Å². The summed E-state index contributed by atoms with van der Waals surface area (Å²) < 4.78 is 5.79. The number of hydrogen-bond acceptors (Lipinski definition) is 3. The van der Waals surface area contributed by atoms with Gasteiger partial charge in [0.2, 0.25) is 11.8 Å². The Bertz CT molecular complexity index is 713. The van der Waals surface area contributed by atoms with E-state index in [-0.39, 0.29) is 17.9 Å².